The minimum absolute atomic E-state index is 0.109. The monoisotopic (exact) mass is 350 g/mol. The second-order valence-corrected chi connectivity index (χ2v) is 4.97. The van der Waals surface area contributed by atoms with Gasteiger partial charge in [0.15, 0.2) is 6.10 Å². The van der Waals surface area contributed by atoms with Gasteiger partial charge in [0.2, 0.25) is 0 Å². The van der Waals surface area contributed by atoms with Crippen molar-refractivity contribution in [3.8, 4) is 0 Å². The van der Waals surface area contributed by atoms with E-state index >= 15 is 0 Å². The Labute approximate surface area is 140 Å². The predicted octanol–water partition coefficient (Wildman–Crippen LogP) is 3.06. The number of nitrogens with zero attached hydrogens (tertiary/aromatic N) is 1. The normalized spacial score (nSPS) is 11.5. The zero-order chi connectivity index (χ0) is 18.6. The zero-order valence-electron chi connectivity index (χ0n) is 12.9. The summed E-state index contributed by atoms with van der Waals surface area (Å²) in [6.45, 7) is 1.24. The van der Waals surface area contributed by atoms with Crippen LogP contribution in [0, 0.1) is 21.7 Å². The van der Waals surface area contributed by atoms with E-state index in [9.17, 15) is 28.5 Å². The Morgan fingerprint density at radius 2 is 1.92 bits per heavy atom. The van der Waals surface area contributed by atoms with Gasteiger partial charge in [-0.2, -0.15) is 0 Å². The summed E-state index contributed by atoms with van der Waals surface area (Å²) in [6.07, 6.45) is -1.31. The Morgan fingerprint density at radius 1 is 1.20 bits per heavy atom. The van der Waals surface area contributed by atoms with Crippen LogP contribution in [0.1, 0.15) is 17.3 Å². The summed E-state index contributed by atoms with van der Waals surface area (Å²) in [7, 11) is 0. The van der Waals surface area contributed by atoms with Crippen LogP contribution in [0.2, 0.25) is 0 Å². The topological polar surface area (TPSA) is 98.5 Å². The van der Waals surface area contributed by atoms with Crippen molar-refractivity contribution in [2.75, 3.05) is 5.32 Å². The molecule has 9 heteroatoms. The van der Waals surface area contributed by atoms with Crippen LogP contribution in [-0.2, 0) is 9.53 Å². The standard InChI is InChI=1S/C16H12F2N2O5/c1-9(15(21)19-14-6-5-11(17)8-13(14)18)25-16(22)10-3-2-4-12(7-10)20(23)24/h2-9H,1H3,(H,19,21). The fraction of sp³-hybridized carbons (Fsp3) is 0.125. The molecule has 0 saturated carbocycles. The van der Waals surface area contributed by atoms with Crippen LogP contribution in [0.5, 0.6) is 0 Å². The molecule has 0 spiro atoms. The number of rotatable bonds is 5. The molecule has 25 heavy (non-hydrogen) atoms. The third kappa shape index (κ3) is 4.56. The number of ether oxygens (including phenoxy) is 1. The molecule has 0 aliphatic carbocycles. The average Bonchev–Trinajstić information content (AvgIpc) is 2.57. The van der Waals surface area contributed by atoms with Gasteiger partial charge in [-0.05, 0) is 25.1 Å². The van der Waals surface area contributed by atoms with Crippen LogP contribution in [-0.4, -0.2) is 22.9 Å². The van der Waals surface area contributed by atoms with Gasteiger partial charge in [-0.15, -0.1) is 0 Å². The number of carbonyl (C=O) groups excluding carboxylic acids is 2. The van der Waals surface area contributed by atoms with Gasteiger partial charge in [-0.25, -0.2) is 13.6 Å². The van der Waals surface area contributed by atoms with Gasteiger partial charge < -0.3 is 10.1 Å². The first-order valence-electron chi connectivity index (χ1n) is 6.99. The Hall–Kier alpha value is -3.36. The van der Waals surface area contributed by atoms with Gasteiger partial charge in [-0.1, -0.05) is 6.07 Å². The predicted molar refractivity (Wildman–Crippen MR) is 83.0 cm³/mol. The molecule has 1 unspecified atom stereocenters. The van der Waals surface area contributed by atoms with Gasteiger partial charge in [0.1, 0.15) is 11.6 Å². The first kappa shape index (κ1) is 18.0. The second-order valence-electron chi connectivity index (χ2n) is 4.97. The number of benzene rings is 2. The molecule has 2 rings (SSSR count). The van der Waals surface area contributed by atoms with Crippen molar-refractivity contribution in [2.24, 2.45) is 0 Å². The highest BCUT2D eigenvalue weighted by Gasteiger charge is 2.21. The van der Waals surface area contributed by atoms with E-state index in [0.29, 0.717) is 6.07 Å². The molecule has 0 bridgehead atoms. The lowest BCUT2D eigenvalue weighted by molar-refractivity contribution is -0.384. The molecule has 130 valence electrons. The average molecular weight is 350 g/mol. The zero-order valence-corrected chi connectivity index (χ0v) is 12.9. The third-order valence-electron chi connectivity index (χ3n) is 3.13. The van der Waals surface area contributed by atoms with E-state index in [0.717, 1.165) is 18.2 Å². The molecule has 0 fully saturated rings. The van der Waals surface area contributed by atoms with E-state index in [-0.39, 0.29) is 16.9 Å². The van der Waals surface area contributed by atoms with Gasteiger partial charge in [0, 0.05) is 18.2 Å². The van der Waals surface area contributed by atoms with Crippen molar-refractivity contribution in [1.29, 1.82) is 0 Å². The molecule has 0 aliphatic heterocycles. The Kier molecular flexibility index (Phi) is 5.38. The minimum Gasteiger partial charge on any atom is -0.449 e. The van der Waals surface area contributed by atoms with Crippen LogP contribution in [0.25, 0.3) is 0 Å². The summed E-state index contributed by atoms with van der Waals surface area (Å²) < 4.78 is 31.2. The van der Waals surface area contributed by atoms with E-state index in [1.54, 1.807) is 0 Å². The van der Waals surface area contributed by atoms with E-state index in [4.69, 9.17) is 4.74 Å². The van der Waals surface area contributed by atoms with Crippen LogP contribution in [0.15, 0.2) is 42.5 Å². The molecular formula is C16H12F2N2O5. The first-order valence-corrected chi connectivity index (χ1v) is 6.99. The highest BCUT2D eigenvalue weighted by Crippen LogP contribution is 2.17. The smallest absolute Gasteiger partial charge is 0.339 e. The van der Waals surface area contributed by atoms with Crippen LogP contribution in [0.3, 0.4) is 0 Å². The second kappa shape index (κ2) is 7.47. The van der Waals surface area contributed by atoms with E-state index < -0.39 is 34.5 Å². The molecule has 1 N–H and O–H groups in total. The number of anilines is 1. The number of nitro groups is 1. The summed E-state index contributed by atoms with van der Waals surface area (Å²) in [5.74, 6) is -3.58. The Balaban J connectivity index is 2.04. The van der Waals surface area contributed by atoms with Gasteiger partial charge in [0.05, 0.1) is 16.2 Å². The van der Waals surface area contributed by atoms with Crippen molar-refractivity contribution < 1.29 is 28.0 Å². The number of esters is 1. The summed E-state index contributed by atoms with van der Waals surface area (Å²) >= 11 is 0. The van der Waals surface area contributed by atoms with Gasteiger partial charge in [-0.3, -0.25) is 14.9 Å². The maximum atomic E-state index is 13.5. The van der Waals surface area contributed by atoms with Crippen LogP contribution >= 0.6 is 0 Å². The number of hydrogen-bond donors (Lipinski definition) is 1. The molecule has 1 amide bonds. The summed E-state index contributed by atoms with van der Waals surface area (Å²) in [5, 5.41) is 12.8. The van der Waals surface area contributed by atoms with Crippen molar-refractivity contribution in [3.05, 3.63) is 69.8 Å². The van der Waals surface area contributed by atoms with Crippen molar-refractivity contribution in [1.82, 2.24) is 0 Å². The number of carbonyl (C=O) groups is 2. The highest BCUT2D eigenvalue weighted by molar-refractivity contribution is 5.97. The lowest BCUT2D eigenvalue weighted by atomic mass is 10.2. The highest BCUT2D eigenvalue weighted by atomic mass is 19.1. The Bertz CT molecular complexity index is 841. The van der Waals surface area contributed by atoms with Crippen molar-refractivity contribution in [3.63, 3.8) is 0 Å². The first-order chi connectivity index (χ1) is 11.8. The van der Waals surface area contributed by atoms with E-state index in [2.05, 4.69) is 5.32 Å². The number of halogens is 2. The molecule has 0 heterocycles. The van der Waals surface area contributed by atoms with Crippen LogP contribution < -0.4 is 5.32 Å². The lowest BCUT2D eigenvalue weighted by Crippen LogP contribution is -2.30. The number of nitro benzene ring substituents is 1. The lowest BCUT2D eigenvalue weighted by Gasteiger charge is -2.14. The minimum atomic E-state index is -1.31. The summed E-state index contributed by atoms with van der Waals surface area (Å²) in [6, 6.07) is 7.37. The third-order valence-corrected chi connectivity index (χ3v) is 3.13. The Morgan fingerprint density at radius 3 is 2.56 bits per heavy atom. The number of non-ortho nitro benzene ring substituents is 1. The van der Waals surface area contributed by atoms with Crippen molar-refractivity contribution in [2.45, 2.75) is 13.0 Å². The molecular weight excluding hydrogens is 338 g/mol. The molecule has 0 saturated heterocycles. The number of nitrogens with one attached hydrogen (secondary N) is 1. The SMILES string of the molecule is CC(OC(=O)c1cccc([N+](=O)[O-])c1)C(=O)Nc1ccc(F)cc1F. The molecule has 2 aromatic rings. The molecule has 2 aromatic carbocycles. The van der Waals surface area contributed by atoms with Gasteiger partial charge in [0.25, 0.3) is 11.6 Å². The fourth-order valence-corrected chi connectivity index (χ4v) is 1.85. The summed E-state index contributed by atoms with van der Waals surface area (Å²) in [4.78, 5) is 33.9. The quantitative estimate of drug-likeness (QED) is 0.508. The maximum absolute atomic E-state index is 13.5. The number of hydrogen-bond acceptors (Lipinski definition) is 5. The summed E-state index contributed by atoms with van der Waals surface area (Å²) in [5.41, 5.74) is -0.689. The number of amides is 1. The van der Waals surface area contributed by atoms with Gasteiger partial charge >= 0.3 is 5.97 Å². The van der Waals surface area contributed by atoms with Crippen LogP contribution in [0.4, 0.5) is 20.2 Å². The van der Waals surface area contributed by atoms with Crippen molar-refractivity contribution >= 4 is 23.3 Å². The molecule has 0 radical (unpaired) electrons. The maximum Gasteiger partial charge on any atom is 0.339 e. The van der Waals surface area contributed by atoms with E-state index in [1.807, 2.05) is 0 Å². The largest absolute Gasteiger partial charge is 0.449 e. The molecule has 0 aromatic heterocycles. The molecule has 0 aliphatic rings. The van der Waals surface area contributed by atoms with E-state index in [1.165, 1.54) is 25.1 Å². The molecule has 7 nitrogen and oxygen atoms in total. The molecule has 1 atom stereocenters. The fourth-order valence-electron chi connectivity index (χ4n) is 1.85.